The fourth-order valence-corrected chi connectivity index (χ4v) is 2.06. The maximum atomic E-state index is 9.94. The van der Waals surface area contributed by atoms with Gasteiger partial charge in [-0.1, -0.05) is 36.4 Å². The summed E-state index contributed by atoms with van der Waals surface area (Å²) in [6.07, 6.45) is 1.70. The molecule has 0 spiro atoms. The second-order valence-electron chi connectivity index (χ2n) is 4.20. The third-order valence-corrected chi connectivity index (χ3v) is 3.01. The lowest BCUT2D eigenvalue weighted by molar-refractivity contribution is 0.405. The summed E-state index contributed by atoms with van der Waals surface area (Å²) in [6, 6.07) is 14.6. The largest absolute Gasteiger partial charge is 0.504 e. The Morgan fingerprint density at radius 2 is 1.63 bits per heavy atom. The number of hydrogen-bond acceptors (Lipinski definition) is 3. The van der Waals surface area contributed by atoms with Crippen LogP contribution < -0.4 is 0 Å². The molecule has 0 aliphatic rings. The quantitative estimate of drug-likeness (QED) is 0.613. The van der Waals surface area contributed by atoms with Crippen LogP contribution in [0.2, 0.25) is 0 Å². The highest BCUT2D eigenvalue weighted by Gasteiger charge is 2.14. The molecule has 94 valence electrons. The average Bonchev–Trinajstić information content (AvgIpc) is 2.92. The number of phenolic OH excluding ortho intramolecular Hbond substituents is 2. The first kappa shape index (κ1) is 11.3. The summed E-state index contributed by atoms with van der Waals surface area (Å²) < 4.78 is 0. The number of aromatic amines is 1. The molecule has 1 heterocycles. The van der Waals surface area contributed by atoms with Crippen LogP contribution in [0.4, 0.5) is 0 Å². The van der Waals surface area contributed by atoms with Crippen molar-refractivity contribution in [3.05, 3.63) is 54.7 Å². The molecule has 4 heteroatoms. The Hall–Kier alpha value is -2.75. The maximum absolute atomic E-state index is 9.94. The summed E-state index contributed by atoms with van der Waals surface area (Å²) in [5.74, 6) is -0.296. The van der Waals surface area contributed by atoms with E-state index in [1.807, 2.05) is 30.3 Å². The highest BCUT2D eigenvalue weighted by molar-refractivity contribution is 5.83. The third-order valence-electron chi connectivity index (χ3n) is 3.01. The minimum absolute atomic E-state index is 0.147. The second-order valence-corrected chi connectivity index (χ2v) is 4.20. The SMILES string of the molecule is Oc1cccc(-c2[nH]ncc2-c2ccccc2)c1O. The van der Waals surface area contributed by atoms with Crippen molar-refractivity contribution >= 4 is 0 Å². The highest BCUT2D eigenvalue weighted by Crippen LogP contribution is 2.39. The van der Waals surface area contributed by atoms with E-state index in [2.05, 4.69) is 10.2 Å². The number of aromatic nitrogens is 2. The zero-order valence-electron chi connectivity index (χ0n) is 10.0. The first-order valence-corrected chi connectivity index (χ1v) is 5.87. The van der Waals surface area contributed by atoms with E-state index in [1.165, 1.54) is 6.07 Å². The Morgan fingerprint density at radius 1 is 0.842 bits per heavy atom. The molecule has 0 saturated heterocycles. The molecular formula is C15H12N2O2. The number of aromatic hydroxyl groups is 2. The molecule has 0 atom stereocenters. The Bertz CT molecular complexity index is 705. The molecule has 4 nitrogen and oxygen atoms in total. The smallest absolute Gasteiger partial charge is 0.167 e. The summed E-state index contributed by atoms with van der Waals surface area (Å²) >= 11 is 0. The number of hydrogen-bond donors (Lipinski definition) is 3. The molecule has 0 amide bonds. The van der Waals surface area contributed by atoms with Crippen LogP contribution in [-0.2, 0) is 0 Å². The summed E-state index contributed by atoms with van der Waals surface area (Å²) in [6.45, 7) is 0. The van der Waals surface area contributed by atoms with Gasteiger partial charge in [0.1, 0.15) is 0 Å². The molecule has 0 radical (unpaired) electrons. The predicted octanol–water partition coefficient (Wildman–Crippen LogP) is 3.15. The van der Waals surface area contributed by atoms with Gasteiger partial charge in [0, 0.05) is 11.1 Å². The Morgan fingerprint density at radius 3 is 2.42 bits per heavy atom. The number of phenols is 2. The molecule has 1 aromatic heterocycles. The van der Waals surface area contributed by atoms with Crippen LogP contribution in [0.5, 0.6) is 11.5 Å². The van der Waals surface area contributed by atoms with E-state index in [1.54, 1.807) is 18.3 Å². The predicted molar refractivity (Wildman–Crippen MR) is 72.8 cm³/mol. The van der Waals surface area contributed by atoms with E-state index in [4.69, 9.17) is 0 Å². The van der Waals surface area contributed by atoms with Gasteiger partial charge in [0.05, 0.1) is 11.9 Å². The normalized spacial score (nSPS) is 10.5. The lowest BCUT2D eigenvalue weighted by Gasteiger charge is -2.07. The van der Waals surface area contributed by atoms with Gasteiger partial charge in [0.25, 0.3) is 0 Å². The number of H-pyrrole nitrogens is 1. The number of nitrogens with zero attached hydrogens (tertiary/aromatic N) is 1. The molecule has 3 N–H and O–H groups in total. The van der Waals surface area contributed by atoms with Crippen molar-refractivity contribution in [2.75, 3.05) is 0 Å². The second kappa shape index (κ2) is 4.49. The molecule has 0 aliphatic carbocycles. The molecule has 0 fully saturated rings. The molecule has 19 heavy (non-hydrogen) atoms. The minimum Gasteiger partial charge on any atom is -0.504 e. The van der Waals surface area contributed by atoms with Crippen LogP contribution in [-0.4, -0.2) is 20.4 Å². The van der Waals surface area contributed by atoms with Gasteiger partial charge in [0.2, 0.25) is 0 Å². The van der Waals surface area contributed by atoms with Gasteiger partial charge in [-0.3, -0.25) is 5.10 Å². The first-order chi connectivity index (χ1) is 9.27. The number of benzene rings is 2. The van der Waals surface area contributed by atoms with Crippen molar-refractivity contribution in [1.82, 2.24) is 10.2 Å². The van der Waals surface area contributed by atoms with Crippen molar-refractivity contribution in [2.24, 2.45) is 0 Å². The van der Waals surface area contributed by atoms with Gasteiger partial charge in [-0.2, -0.15) is 5.10 Å². The Labute approximate surface area is 110 Å². The summed E-state index contributed by atoms with van der Waals surface area (Å²) in [4.78, 5) is 0. The molecule has 2 aromatic carbocycles. The molecule has 0 saturated carbocycles. The van der Waals surface area contributed by atoms with Crippen LogP contribution in [0.25, 0.3) is 22.4 Å². The summed E-state index contributed by atoms with van der Waals surface area (Å²) in [5.41, 5.74) is 3.08. The van der Waals surface area contributed by atoms with Crippen LogP contribution in [0.15, 0.2) is 54.7 Å². The van der Waals surface area contributed by atoms with E-state index in [9.17, 15) is 10.2 Å². The summed E-state index contributed by atoms with van der Waals surface area (Å²) in [7, 11) is 0. The highest BCUT2D eigenvalue weighted by atomic mass is 16.3. The van der Waals surface area contributed by atoms with E-state index in [0.29, 0.717) is 11.3 Å². The maximum Gasteiger partial charge on any atom is 0.167 e. The van der Waals surface area contributed by atoms with Crippen LogP contribution in [0, 0.1) is 0 Å². The fourth-order valence-electron chi connectivity index (χ4n) is 2.06. The van der Waals surface area contributed by atoms with Gasteiger partial charge >= 0.3 is 0 Å². The third kappa shape index (κ3) is 1.93. The van der Waals surface area contributed by atoms with Crippen LogP contribution >= 0.6 is 0 Å². The first-order valence-electron chi connectivity index (χ1n) is 5.87. The van der Waals surface area contributed by atoms with Crippen molar-refractivity contribution in [1.29, 1.82) is 0 Å². The molecule has 0 unspecified atom stereocenters. The zero-order valence-corrected chi connectivity index (χ0v) is 10.0. The van der Waals surface area contributed by atoms with E-state index >= 15 is 0 Å². The molecule has 3 aromatic rings. The van der Waals surface area contributed by atoms with Crippen molar-refractivity contribution in [2.45, 2.75) is 0 Å². The fraction of sp³-hybridized carbons (Fsp3) is 0. The monoisotopic (exact) mass is 252 g/mol. The molecular weight excluding hydrogens is 240 g/mol. The summed E-state index contributed by atoms with van der Waals surface area (Å²) in [5, 5.41) is 26.4. The molecule has 3 rings (SSSR count). The number of para-hydroxylation sites is 1. The van der Waals surface area contributed by atoms with E-state index in [-0.39, 0.29) is 11.5 Å². The van der Waals surface area contributed by atoms with Gasteiger partial charge in [-0.05, 0) is 17.7 Å². The van der Waals surface area contributed by atoms with Gasteiger partial charge in [-0.15, -0.1) is 0 Å². The lowest BCUT2D eigenvalue weighted by atomic mass is 10.0. The van der Waals surface area contributed by atoms with Gasteiger partial charge < -0.3 is 10.2 Å². The Kier molecular flexibility index (Phi) is 2.68. The zero-order chi connectivity index (χ0) is 13.2. The van der Waals surface area contributed by atoms with E-state index in [0.717, 1.165) is 11.1 Å². The molecule has 0 bridgehead atoms. The number of rotatable bonds is 2. The van der Waals surface area contributed by atoms with Crippen molar-refractivity contribution in [3.63, 3.8) is 0 Å². The average molecular weight is 252 g/mol. The Balaban J connectivity index is 2.18. The van der Waals surface area contributed by atoms with Crippen molar-refractivity contribution in [3.8, 4) is 33.9 Å². The van der Waals surface area contributed by atoms with Crippen LogP contribution in [0.1, 0.15) is 0 Å². The van der Waals surface area contributed by atoms with Gasteiger partial charge in [0.15, 0.2) is 11.5 Å². The minimum atomic E-state index is -0.149. The standard InChI is InChI=1S/C15H12N2O2/c18-13-8-4-7-11(15(13)19)14-12(9-16-17-14)10-5-2-1-3-6-10/h1-9,18-19H,(H,16,17). The van der Waals surface area contributed by atoms with Crippen LogP contribution in [0.3, 0.4) is 0 Å². The van der Waals surface area contributed by atoms with E-state index < -0.39 is 0 Å². The lowest BCUT2D eigenvalue weighted by Crippen LogP contribution is -1.84. The topological polar surface area (TPSA) is 69.1 Å². The number of nitrogens with one attached hydrogen (secondary N) is 1. The molecule has 0 aliphatic heterocycles. The van der Waals surface area contributed by atoms with Gasteiger partial charge in [-0.25, -0.2) is 0 Å². The van der Waals surface area contributed by atoms with Crippen molar-refractivity contribution < 1.29 is 10.2 Å².